The van der Waals surface area contributed by atoms with Gasteiger partial charge in [-0.15, -0.1) is 0 Å². The Bertz CT molecular complexity index is 525. The van der Waals surface area contributed by atoms with Crippen molar-refractivity contribution < 1.29 is 23.0 Å². The van der Waals surface area contributed by atoms with Crippen LogP contribution < -0.4 is 10.1 Å². The first-order chi connectivity index (χ1) is 8.78. The molecule has 1 heterocycles. The van der Waals surface area contributed by atoms with E-state index in [9.17, 15) is 13.2 Å². The lowest BCUT2D eigenvalue weighted by molar-refractivity contribution is -0.0897. The Morgan fingerprint density at radius 1 is 1.21 bits per heavy atom. The molecule has 1 aromatic carbocycles. The highest BCUT2D eigenvalue weighted by atomic mass is 35.5. The van der Waals surface area contributed by atoms with Crippen LogP contribution in [-0.4, -0.2) is 16.5 Å². The zero-order valence-corrected chi connectivity index (χ0v) is 10.2. The van der Waals surface area contributed by atoms with Crippen LogP contribution >= 0.6 is 11.6 Å². The predicted octanol–water partition coefficient (Wildman–Crippen LogP) is 3.27. The minimum atomic E-state index is -4.50. The SMILES string of the molecule is Oc1ccc(OC2(Cl)C=C(C(F)(F)F)C=CN2)cc1. The molecule has 0 bridgehead atoms. The Kier molecular flexibility index (Phi) is 3.36. The van der Waals surface area contributed by atoms with Crippen molar-refractivity contribution >= 4 is 11.6 Å². The summed E-state index contributed by atoms with van der Waals surface area (Å²) in [6.07, 6.45) is -1.84. The Morgan fingerprint density at radius 3 is 2.42 bits per heavy atom. The highest BCUT2D eigenvalue weighted by Gasteiger charge is 2.38. The van der Waals surface area contributed by atoms with Gasteiger partial charge in [-0.25, -0.2) is 0 Å². The molecule has 1 aliphatic heterocycles. The van der Waals surface area contributed by atoms with Crippen molar-refractivity contribution in [3.05, 3.63) is 48.2 Å². The van der Waals surface area contributed by atoms with E-state index in [0.717, 1.165) is 18.4 Å². The van der Waals surface area contributed by atoms with Gasteiger partial charge in [-0.2, -0.15) is 13.2 Å². The summed E-state index contributed by atoms with van der Waals surface area (Å²) in [5.74, 6) is 0.229. The van der Waals surface area contributed by atoms with Crippen LogP contribution in [0.1, 0.15) is 0 Å². The first-order valence-electron chi connectivity index (χ1n) is 5.20. The lowest BCUT2D eigenvalue weighted by atomic mass is 10.2. The molecule has 2 N–H and O–H groups in total. The van der Waals surface area contributed by atoms with Crippen molar-refractivity contribution in [2.75, 3.05) is 0 Å². The summed E-state index contributed by atoms with van der Waals surface area (Å²) in [6, 6.07) is 5.45. The van der Waals surface area contributed by atoms with Crippen LogP contribution in [-0.2, 0) is 0 Å². The first kappa shape index (κ1) is 13.6. The number of alkyl halides is 4. The maximum atomic E-state index is 12.6. The third-order valence-corrected chi connectivity index (χ3v) is 2.61. The molecule has 0 aliphatic carbocycles. The topological polar surface area (TPSA) is 41.5 Å². The number of halogens is 4. The molecule has 0 spiro atoms. The number of phenols is 1. The van der Waals surface area contributed by atoms with Gasteiger partial charge in [0.15, 0.2) is 0 Å². The molecular formula is C12H9ClF3NO2. The number of ether oxygens (including phenoxy) is 1. The number of hydrogen-bond acceptors (Lipinski definition) is 3. The molecule has 0 aromatic heterocycles. The fourth-order valence-electron chi connectivity index (χ4n) is 1.46. The van der Waals surface area contributed by atoms with E-state index in [0.29, 0.717) is 0 Å². The summed E-state index contributed by atoms with van der Waals surface area (Å²) in [5.41, 5.74) is -0.903. The van der Waals surface area contributed by atoms with Crippen molar-refractivity contribution in [1.29, 1.82) is 0 Å². The predicted molar refractivity (Wildman–Crippen MR) is 63.7 cm³/mol. The van der Waals surface area contributed by atoms with Crippen LogP contribution in [0, 0.1) is 0 Å². The monoisotopic (exact) mass is 291 g/mol. The molecular weight excluding hydrogens is 283 g/mol. The van der Waals surface area contributed by atoms with Crippen molar-refractivity contribution in [1.82, 2.24) is 5.32 Å². The van der Waals surface area contributed by atoms with E-state index in [1.54, 1.807) is 0 Å². The molecule has 0 amide bonds. The molecule has 0 fully saturated rings. The second kappa shape index (κ2) is 4.70. The molecule has 2 rings (SSSR count). The molecule has 0 saturated carbocycles. The maximum Gasteiger partial charge on any atom is 0.416 e. The molecule has 3 nitrogen and oxygen atoms in total. The van der Waals surface area contributed by atoms with Gasteiger partial charge >= 0.3 is 6.18 Å². The standard InChI is InChI=1S/C12H9ClF3NO2/c13-11(19-10-3-1-9(18)2-4-10)7-8(5-6-17-11)12(14,15)16/h1-7,17-18H. The molecule has 1 aliphatic rings. The van der Waals surface area contributed by atoms with Gasteiger partial charge in [-0.1, -0.05) is 0 Å². The number of nitrogens with one attached hydrogen (secondary N) is 1. The molecule has 102 valence electrons. The number of dihydropyridines is 1. The second-order valence-corrected chi connectivity index (χ2v) is 4.38. The number of aromatic hydroxyl groups is 1. The van der Waals surface area contributed by atoms with E-state index >= 15 is 0 Å². The third kappa shape index (κ3) is 3.35. The van der Waals surface area contributed by atoms with E-state index in [1.165, 1.54) is 24.3 Å². The van der Waals surface area contributed by atoms with Gasteiger partial charge in [0.25, 0.3) is 5.18 Å². The van der Waals surface area contributed by atoms with Crippen LogP contribution in [0.15, 0.2) is 48.2 Å². The van der Waals surface area contributed by atoms with Crippen LogP contribution in [0.2, 0.25) is 0 Å². The van der Waals surface area contributed by atoms with Crippen molar-refractivity contribution in [3.63, 3.8) is 0 Å². The molecule has 0 radical (unpaired) electrons. The highest BCUT2D eigenvalue weighted by molar-refractivity contribution is 6.24. The van der Waals surface area contributed by atoms with Gasteiger partial charge < -0.3 is 15.2 Å². The molecule has 1 unspecified atom stereocenters. The largest absolute Gasteiger partial charge is 0.508 e. The van der Waals surface area contributed by atoms with E-state index in [4.69, 9.17) is 21.4 Å². The summed E-state index contributed by atoms with van der Waals surface area (Å²) in [6.45, 7) is 0. The Balaban J connectivity index is 2.21. The van der Waals surface area contributed by atoms with E-state index in [1.807, 2.05) is 0 Å². The van der Waals surface area contributed by atoms with Gasteiger partial charge in [0.05, 0.1) is 5.57 Å². The fraction of sp³-hybridized carbons (Fsp3) is 0.167. The Labute approximate surface area is 111 Å². The number of benzene rings is 1. The van der Waals surface area contributed by atoms with Gasteiger partial charge in [0.1, 0.15) is 11.5 Å². The number of hydrogen-bond donors (Lipinski definition) is 2. The van der Waals surface area contributed by atoms with Crippen LogP contribution in [0.3, 0.4) is 0 Å². The van der Waals surface area contributed by atoms with Crippen LogP contribution in [0.4, 0.5) is 13.2 Å². The average Bonchev–Trinajstić information content (AvgIpc) is 2.31. The molecule has 1 atom stereocenters. The zero-order chi connectivity index (χ0) is 14.1. The van der Waals surface area contributed by atoms with Crippen LogP contribution in [0.25, 0.3) is 0 Å². The fourth-order valence-corrected chi connectivity index (χ4v) is 1.73. The summed E-state index contributed by atoms with van der Waals surface area (Å²) >= 11 is 5.93. The minimum Gasteiger partial charge on any atom is -0.508 e. The lowest BCUT2D eigenvalue weighted by Crippen LogP contribution is -2.43. The molecule has 7 heteroatoms. The zero-order valence-electron chi connectivity index (χ0n) is 9.41. The average molecular weight is 292 g/mol. The van der Waals surface area contributed by atoms with E-state index < -0.39 is 16.9 Å². The second-order valence-electron chi connectivity index (χ2n) is 3.82. The number of rotatable bonds is 2. The molecule has 0 saturated heterocycles. The molecule has 19 heavy (non-hydrogen) atoms. The van der Waals surface area contributed by atoms with Gasteiger partial charge in [0.2, 0.25) is 0 Å². The van der Waals surface area contributed by atoms with Crippen LogP contribution in [0.5, 0.6) is 11.5 Å². The minimum absolute atomic E-state index is 0.0130. The summed E-state index contributed by atoms with van der Waals surface area (Å²) in [7, 11) is 0. The van der Waals surface area contributed by atoms with Crippen molar-refractivity contribution in [2.45, 2.75) is 11.4 Å². The first-order valence-corrected chi connectivity index (χ1v) is 5.58. The quantitative estimate of drug-likeness (QED) is 0.649. The Morgan fingerprint density at radius 2 is 1.84 bits per heavy atom. The highest BCUT2D eigenvalue weighted by Crippen LogP contribution is 2.33. The maximum absolute atomic E-state index is 12.6. The van der Waals surface area contributed by atoms with Gasteiger partial charge in [-0.3, -0.25) is 0 Å². The van der Waals surface area contributed by atoms with Crippen molar-refractivity contribution in [3.8, 4) is 11.5 Å². The number of allylic oxidation sites excluding steroid dienone is 2. The number of phenolic OH excluding ortho intramolecular Hbond substituents is 1. The van der Waals surface area contributed by atoms with E-state index in [2.05, 4.69) is 5.32 Å². The summed E-state index contributed by atoms with van der Waals surface area (Å²) in [4.78, 5) is 0. The van der Waals surface area contributed by atoms with E-state index in [-0.39, 0.29) is 11.5 Å². The Hall–Kier alpha value is -1.82. The summed E-state index contributed by atoms with van der Waals surface area (Å²) in [5, 5.41) is 9.76. The third-order valence-electron chi connectivity index (χ3n) is 2.31. The molecule has 1 aromatic rings. The van der Waals surface area contributed by atoms with Gasteiger partial charge in [-0.05, 0) is 41.9 Å². The smallest absolute Gasteiger partial charge is 0.416 e. The summed E-state index contributed by atoms with van der Waals surface area (Å²) < 4.78 is 43.0. The van der Waals surface area contributed by atoms with Gasteiger partial charge in [0, 0.05) is 12.3 Å². The normalized spacial score (nSPS) is 22.6. The lowest BCUT2D eigenvalue weighted by Gasteiger charge is -2.29. The van der Waals surface area contributed by atoms with Crippen molar-refractivity contribution in [2.24, 2.45) is 0 Å².